The second kappa shape index (κ2) is 5.40. The highest BCUT2D eigenvalue weighted by molar-refractivity contribution is 5.68. The maximum atomic E-state index is 12.0. The topological polar surface area (TPSA) is 62.7 Å². The highest BCUT2D eigenvalue weighted by Gasteiger charge is 2.39. The quantitative estimate of drug-likeness (QED) is 0.898. The van der Waals surface area contributed by atoms with Crippen molar-refractivity contribution < 1.29 is 14.6 Å². The third-order valence-electron chi connectivity index (χ3n) is 3.22. The van der Waals surface area contributed by atoms with Crippen LogP contribution in [0.2, 0.25) is 0 Å². The summed E-state index contributed by atoms with van der Waals surface area (Å²) in [7, 11) is 0. The zero-order valence-corrected chi connectivity index (χ0v) is 12.3. The standard InChI is InChI=1S/C15H22N2O3/c1-14(2,3)20-13(18)17-9-7-15(19,11-17)10-12-6-4-5-8-16-12/h4-6,8,19H,7,9-11H2,1-3H3. The number of pyridine rings is 1. The van der Waals surface area contributed by atoms with E-state index in [0.717, 1.165) is 5.69 Å². The molecule has 2 rings (SSSR count). The van der Waals surface area contributed by atoms with Crippen LogP contribution in [0.4, 0.5) is 4.79 Å². The van der Waals surface area contributed by atoms with Gasteiger partial charge in [-0.3, -0.25) is 4.98 Å². The highest BCUT2D eigenvalue weighted by Crippen LogP contribution is 2.26. The molecule has 1 unspecified atom stereocenters. The van der Waals surface area contributed by atoms with Crippen LogP contribution in [0.3, 0.4) is 0 Å². The summed E-state index contributed by atoms with van der Waals surface area (Å²) >= 11 is 0. The predicted octanol–water partition coefficient (Wildman–Crippen LogP) is 2.00. The van der Waals surface area contributed by atoms with Gasteiger partial charge in [-0.2, -0.15) is 0 Å². The molecule has 0 aromatic carbocycles. The molecule has 5 heteroatoms. The number of hydrogen-bond acceptors (Lipinski definition) is 4. The predicted molar refractivity (Wildman–Crippen MR) is 75.3 cm³/mol. The van der Waals surface area contributed by atoms with E-state index in [1.165, 1.54) is 0 Å². The van der Waals surface area contributed by atoms with E-state index in [1.54, 1.807) is 11.1 Å². The Balaban J connectivity index is 1.95. The second-order valence-corrected chi connectivity index (χ2v) is 6.37. The van der Waals surface area contributed by atoms with Crippen molar-refractivity contribution >= 4 is 6.09 Å². The lowest BCUT2D eigenvalue weighted by Gasteiger charge is -2.26. The van der Waals surface area contributed by atoms with E-state index < -0.39 is 11.2 Å². The van der Waals surface area contributed by atoms with Gasteiger partial charge in [-0.25, -0.2) is 4.79 Å². The summed E-state index contributed by atoms with van der Waals surface area (Å²) in [5, 5.41) is 10.6. The van der Waals surface area contributed by atoms with Crippen molar-refractivity contribution in [2.75, 3.05) is 13.1 Å². The first kappa shape index (κ1) is 14.8. The Morgan fingerprint density at radius 1 is 1.50 bits per heavy atom. The molecule has 110 valence electrons. The molecule has 1 aliphatic heterocycles. The van der Waals surface area contributed by atoms with E-state index in [0.29, 0.717) is 25.9 Å². The van der Waals surface area contributed by atoms with Crippen LogP contribution >= 0.6 is 0 Å². The number of aromatic nitrogens is 1. The Morgan fingerprint density at radius 3 is 2.85 bits per heavy atom. The van der Waals surface area contributed by atoms with Crippen LogP contribution in [0.25, 0.3) is 0 Å². The van der Waals surface area contributed by atoms with Gasteiger partial charge in [-0.15, -0.1) is 0 Å². The van der Waals surface area contributed by atoms with E-state index in [-0.39, 0.29) is 6.09 Å². The minimum Gasteiger partial charge on any atom is -0.444 e. The summed E-state index contributed by atoms with van der Waals surface area (Å²) in [6.45, 7) is 6.31. The number of carbonyl (C=O) groups excluding carboxylic acids is 1. The summed E-state index contributed by atoms with van der Waals surface area (Å²) < 4.78 is 5.33. The molecule has 0 spiro atoms. The highest BCUT2D eigenvalue weighted by atomic mass is 16.6. The molecule has 1 aromatic rings. The average Bonchev–Trinajstić information content (AvgIpc) is 2.71. The van der Waals surface area contributed by atoms with E-state index >= 15 is 0 Å². The van der Waals surface area contributed by atoms with E-state index in [2.05, 4.69) is 4.98 Å². The van der Waals surface area contributed by atoms with Crippen molar-refractivity contribution in [2.24, 2.45) is 0 Å². The number of carbonyl (C=O) groups is 1. The number of likely N-dealkylation sites (tertiary alicyclic amines) is 1. The Labute approximate surface area is 119 Å². The molecule has 0 aliphatic carbocycles. The number of hydrogen-bond donors (Lipinski definition) is 1. The van der Waals surface area contributed by atoms with Crippen molar-refractivity contribution in [2.45, 2.75) is 44.8 Å². The zero-order valence-electron chi connectivity index (χ0n) is 12.3. The van der Waals surface area contributed by atoms with Gasteiger partial charge >= 0.3 is 6.09 Å². The molecule has 5 nitrogen and oxygen atoms in total. The number of rotatable bonds is 2. The zero-order chi connectivity index (χ0) is 14.8. The van der Waals surface area contributed by atoms with Gasteiger partial charge in [-0.1, -0.05) is 6.07 Å². The first-order chi connectivity index (χ1) is 9.27. The molecule has 1 aliphatic rings. The van der Waals surface area contributed by atoms with Gasteiger partial charge in [0, 0.05) is 24.9 Å². The number of ether oxygens (including phenoxy) is 1. The first-order valence-corrected chi connectivity index (χ1v) is 6.88. The fourth-order valence-electron chi connectivity index (χ4n) is 2.32. The Kier molecular flexibility index (Phi) is 3.99. The van der Waals surface area contributed by atoms with E-state index in [1.807, 2.05) is 39.0 Å². The van der Waals surface area contributed by atoms with Gasteiger partial charge in [0.2, 0.25) is 0 Å². The number of β-amino-alcohol motifs (C(OH)–C–C–N with tert-alkyl or cyclic N) is 1. The second-order valence-electron chi connectivity index (χ2n) is 6.37. The maximum absolute atomic E-state index is 12.0. The summed E-state index contributed by atoms with van der Waals surface area (Å²) in [5.74, 6) is 0. The number of aliphatic hydroxyl groups is 1. The van der Waals surface area contributed by atoms with Crippen LogP contribution in [0.5, 0.6) is 0 Å². The molecule has 1 aromatic heterocycles. The van der Waals surface area contributed by atoms with Crippen LogP contribution in [0, 0.1) is 0 Å². The molecular weight excluding hydrogens is 256 g/mol. The van der Waals surface area contributed by atoms with E-state index in [4.69, 9.17) is 4.74 Å². The summed E-state index contributed by atoms with van der Waals surface area (Å²) in [4.78, 5) is 17.8. The van der Waals surface area contributed by atoms with Crippen LogP contribution in [0.1, 0.15) is 32.9 Å². The van der Waals surface area contributed by atoms with Gasteiger partial charge in [0.05, 0.1) is 12.1 Å². The fourth-order valence-corrected chi connectivity index (χ4v) is 2.32. The first-order valence-electron chi connectivity index (χ1n) is 6.88. The molecule has 0 radical (unpaired) electrons. The lowest BCUT2D eigenvalue weighted by molar-refractivity contribution is 0.0150. The van der Waals surface area contributed by atoms with E-state index in [9.17, 15) is 9.90 Å². The lowest BCUT2D eigenvalue weighted by atomic mass is 9.96. The molecule has 0 bridgehead atoms. The molecule has 2 heterocycles. The smallest absolute Gasteiger partial charge is 0.410 e. The lowest BCUT2D eigenvalue weighted by Crippen LogP contribution is -2.40. The van der Waals surface area contributed by atoms with Gasteiger partial charge in [0.1, 0.15) is 5.60 Å². The molecule has 1 N–H and O–H groups in total. The average molecular weight is 278 g/mol. The van der Waals surface area contributed by atoms with Crippen molar-refractivity contribution in [3.05, 3.63) is 30.1 Å². The summed E-state index contributed by atoms with van der Waals surface area (Å²) in [5.41, 5.74) is -0.592. The monoisotopic (exact) mass is 278 g/mol. The molecule has 1 atom stereocenters. The largest absolute Gasteiger partial charge is 0.444 e. The van der Waals surface area contributed by atoms with Crippen LogP contribution in [-0.2, 0) is 11.2 Å². The Hall–Kier alpha value is -1.62. The summed E-state index contributed by atoms with van der Waals surface area (Å²) in [6, 6.07) is 5.62. The summed E-state index contributed by atoms with van der Waals surface area (Å²) in [6.07, 6.45) is 2.34. The molecule has 20 heavy (non-hydrogen) atoms. The third-order valence-corrected chi connectivity index (χ3v) is 3.22. The van der Waals surface area contributed by atoms with Crippen LogP contribution < -0.4 is 0 Å². The van der Waals surface area contributed by atoms with Gasteiger partial charge in [0.15, 0.2) is 0 Å². The molecule has 1 saturated heterocycles. The number of amides is 1. The van der Waals surface area contributed by atoms with Crippen LogP contribution in [0.15, 0.2) is 24.4 Å². The fraction of sp³-hybridized carbons (Fsp3) is 0.600. The number of nitrogens with zero attached hydrogens (tertiary/aromatic N) is 2. The van der Waals surface area contributed by atoms with Gasteiger partial charge < -0.3 is 14.7 Å². The van der Waals surface area contributed by atoms with Crippen molar-refractivity contribution in [1.82, 2.24) is 9.88 Å². The van der Waals surface area contributed by atoms with Crippen molar-refractivity contribution in [1.29, 1.82) is 0 Å². The molecule has 1 fully saturated rings. The Bertz CT molecular complexity index is 470. The minimum atomic E-state index is -0.911. The molecule has 1 amide bonds. The van der Waals surface area contributed by atoms with Gasteiger partial charge in [0.25, 0.3) is 0 Å². The molecule has 0 saturated carbocycles. The Morgan fingerprint density at radius 2 is 2.25 bits per heavy atom. The van der Waals surface area contributed by atoms with Gasteiger partial charge in [-0.05, 0) is 39.3 Å². The third kappa shape index (κ3) is 3.93. The normalized spacial score (nSPS) is 22.9. The molecular formula is C15H22N2O3. The van der Waals surface area contributed by atoms with Crippen molar-refractivity contribution in [3.8, 4) is 0 Å². The van der Waals surface area contributed by atoms with Crippen LogP contribution in [-0.4, -0.2) is 45.4 Å². The SMILES string of the molecule is CC(C)(C)OC(=O)N1CCC(O)(Cc2ccccn2)C1. The minimum absolute atomic E-state index is 0.290. The van der Waals surface area contributed by atoms with Crippen molar-refractivity contribution in [3.63, 3.8) is 0 Å². The maximum Gasteiger partial charge on any atom is 0.410 e.